The first kappa shape index (κ1) is 13.9. The van der Waals surface area contributed by atoms with Crippen molar-refractivity contribution in [1.82, 2.24) is 20.0 Å². The molecule has 0 spiro atoms. The van der Waals surface area contributed by atoms with Gasteiger partial charge in [-0.15, -0.1) is 0 Å². The molecule has 0 saturated carbocycles. The molecule has 0 aliphatic carbocycles. The van der Waals surface area contributed by atoms with Crippen LogP contribution in [0, 0.1) is 0 Å². The van der Waals surface area contributed by atoms with Crippen molar-refractivity contribution in [1.29, 1.82) is 0 Å². The molecule has 1 aromatic rings. The van der Waals surface area contributed by atoms with Gasteiger partial charge in [0, 0.05) is 56.0 Å². The fourth-order valence-electron chi connectivity index (χ4n) is 2.02. The van der Waals surface area contributed by atoms with E-state index < -0.39 is 0 Å². The quantitative estimate of drug-likeness (QED) is 0.684. The smallest absolute Gasteiger partial charge is 0.0640 e. The lowest BCUT2D eigenvalue weighted by molar-refractivity contribution is 0.269. The second kappa shape index (κ2) is 7.78. The number of rotatable bonds is 7. The first-order valence-electron chi connectivity index (χ1n) is 6.51. The molecule has 1 fully saturated rings. The van der Waals surface area contributed by atoms with E-state index in [1.54, 1.807) is 4.68 Å². The van der Waals surface area contributed by atoms with Gasteiger partial charge in [-0.3, -0.25) is 4.68 Å². The van der Waals surface area contributed by atoms with E-state index in [1.807, 2.05) is 24.2 Å². The summed E-state index contributed by atoms with van der Waals surface area (Å²) in [7, 11) is 0. The van der Waals surface area contributed by atoms with E-state index in [0.29, 0.717) is 6.54 Å². The highest BCUT2D eigenvalue weighted by Crippen LogP contribution is 2.07. The number of hydrogen-bond acceptors (Lipinski definition) is 5. The van der Waals surface area contributed by atoms with Crippen molar-refractivity contribution in [2.75, 3.05) is 44.3 Å². The van der Waals surface area contributed by atoms with Crippen LogP contribution in [0.3, 0.4) is 0 Å². The second-order valence-corrected chi connectivity index (χ2v) is 5.69. The average molecular weight is 270 g/mol. The zero-order valence-corrected chi connectivity index (χ0v) is 11.5. The van der Waals surface area contributed by atoms with Crippen molar-refractivity contribution < 1.29 is 5.11 Å². The molecular formula is C12H22N4OS. The third-order valence-corrected chi connectivity index (χ3v) is 4.00. The third-order valence-electron chi connectivity index (χ3n) is 3.05. The summed E-state index contributed by atoms with van der Waals surface area (Å²) in [6, 6.07) is 0. The van der Waals surface area contributed by atoms with Crippen molar-refractivity contribution in [3.63, 3.8) is 0 Å². The van der Waals surface area contributed by atoms with Crippen LogP contribution in [0.15, 0.2) is 12.4 Å². The Morgan fingerprint density at radius 1 is 1.33 bits per heavy atom. The maximum atomic E-state index is 8.80. The molecule has 1 saturated heterocycles. The molecule has 102 valence electrons. The van der Waals surface area contributed by atoms with Crippen LogP contribution >= 0.6 is 11.8 Å². The zero-order valence-electron chi connectivity index (χ0n) is 10.7. The topological polar surface area (TPSA) is 53.3 Å². The fourth-order valence-corrected chi connectivity index (χ4v) is 3.00. The second-order valence-electron chi connectivity index (χ2n) is 4.47. The average Bonchev–Trinajstić information content (AvgIpc) is 2.84. The van der Waals surface area contributed by atoms with E-state index in [2.05, 4.69) is 15.3 Å². The van der Waals surface area contributed by atoms with Gasteiger partial charge < -0.3 is 15.3 Å². The van der Waals surface area contributed by atoms with Gasteiger partial charge in [0.2, 0.25) is 0 Å². The number of nitrogens with zero attached hydrogens (tertiary/aromatic N) is 3. The van der Waals surface area contributed by atoms with Crippen molar-refractivity contribution >= 4 is 11.8 Å². The molecule has 2 N–H and O–H groups in total. The van der Waals surface area contributed by atoms with Crippen LogP contribution in [0.25, 0.3) is 0 Å². The number of aliphatic hydroxyl groups excluding tert-OH is 1. The van der Waals surface area contributed by atoms with E-state index in [-0.39, 0.29) is 6.61 Å². The fraction of sp³-hybridized carbons (Fsp3) is 0.750. The van der Waals surface area contributed by atoms with Gasteiger partial charge in [-0.2, -0.15) is 16.9 Å². The monoisotopic (exact) mass is 270 g/mol. The Labute approximate surface area is 113 Å². The van der Waals surface area contributed by atoms with Crippen LogP contribution in [0.2, 0.25) is 0 Å². The molecule has 0 aromatic carbocycles. The van der Waals surface area contributed by atoms with Crippen LogP contribution in [0.1, 0.15) is 5.56 Å². The molecule has 0 radical (unpaired) electrons. The van der Waals surface area contributed by atoms with Crippen LogP contribution in [-0.2, 0) is 13.1 Å². The summed E-state index contributed by atoms with van der Waals surface area (Å²) < 4.78 is 1.78. The minimum atomic E-state index is 0.140. The SMILES string of the molecule is OCCn1cc(CNCCN2CCSCC2)cn1. The van der Waals surface area contributed by atoms with Gasteiger partial charge in [0.05, 0.1) is 19.3 Å². The molecule has 5 nitrogen and oxygen atoms in total. The summed E-state index contributed by atoms with van der Waals surface area (Å²) in [5.41, 5.74) is 1.18. The van der Waals surface area contributed by atoms with Crippen LogP contribution < -0.4 is 5.32 Å². The van der Waals surface area contributed by atoms with Gasteiger partial charge in [0.15, 0.2) is 0 Å². The van der Waals surface area contributed by atoms with Crippen molar-refractivity contribution in [3.8, 4) is 0 Å². The molecule has 2 rings (SSSR count). The van der Waals surface area contributed by atoms with E-state index >= 15 is 0 Å². The number of hydrogen-bond donors (Lipinski definition) is 2. The van der Waals surface area contributed by atoms with Gasteiger partial charge in [-0.25, -0.2) is 0 Å². The molecular weight excluding hydrogens is 248 g/mol. The van der Waals surface area contributed by atoms with Crippen molar-refractivity contribution in [2.24, 2.45) is 0 Å². The van der Waals surface area contributed by atoms with E-state index in [4.69, 9.17) is 5.11 Å². The van der Waals surface area contributed by atoms with Crippen molar-refractivity contribution in [2.45, 2.75) is 13.1 Å². The van der Waals surface area contributed by atoms with E-state index in [1.165, 1.54) is 30.2 Å². The molecule has 2 heterocycles. The molecule has 0 bridgehead atoms. The van der Waals surface area contributed by atoms with Gasteiger partial charge in [-0.05, 0) is 0 Å². The number of aliphatic hydroxyl groups is 1. The Hall–Kier alpha value is -0.560. The predicted molar refractivity (Wildman–Crippen MR) is 74.8 cm³/mol. The highest BCUT2D eigenvalue weighted by Gasteiger charge is 2.09. The molecule has 1 aliphatic rings. The summed E-state index contributed by atoms with van der Waals surface area (Å²) >= 11 is 2.05. The standard InChI is InChI=1S/C12H22N4OS/c17-6-3-16-11-12(10-14-16)9-13-1-2-15-4-7-18-8-5-15/h10-11,13,17H,1-9H2. The zero-order chi connectivity index (χ0) is 12.6. The Morgan fingerprint density at radius 2 is 2.17 bits per heavy atom. The highest BCUT2D eigenvalue weighted by atomic mass is 32.2. The lowest BCUT2D eigenvalue weighted by Gasteiger charge is -2.26. The van der Waals surface area contributed by atoms with Gasteiger partial charge in [0.1, 0.15) is 0 Å². The largest absolute Gasteiger partial charge is 0.394 e. The molecule has 1 aromatic heterocycles. The summed E-state index contributed by atoms with van der Waals surface area (Å²) in [5, 5.41) is 16.4. The molecule has 0 unspecified atom stereocenters. The number of aromatic nitrogens is 2. The van der Waals surface area contributed by atoms with E-state index in [9.17, 15) is 0 Å². The Balaban J connectivity index is 1.59. The maximum absolute atomic E-state index is 8.80. The Morgan fingerprint density at radius 3 is 2.94 bits per heavy atom. The van der Waals surface area contributed by atoms with Gasteiger partial charge in [-0.1, -0.05) is 0 Å². The lowest BCUT2D eigenvalue weighted by Crippen LogP contribution is -2.37. The van der Waals surface area contributed by atoms with Crippen LogP contribution in [-0.4, -0.2) is 64.1 Å². The summed E-state index contributed by atoms with van der Waals surface area (Å²) in [4.78, 5) is 2.51. The number of thioether (sulfide) groups is 1. The number of nitrogens with one attached hydrogen (secondary N) is 1. The summed E-state index contributed by atoms with van der Waals surface area (Å²) in [6.45, 7) is 6.17. The summed E-state index contributed by atoms with van der Waals surface area (Å²) in [6.07, 6.45) is 3.85. The minimum absolute atomic E-state index is 0.140. The molecule has 0 amide bonds. The highest BCUT2D eigenvalue weighted by molar-refractivity contribution is 7.99. The molecule has 1 aliphatic heterocycles. The van der Waals surface area contributed by atoms with Crippen molar-refractivity contribution in [3.05, 3.63) is 18.0 Å². The first-order chi connectivity index (χ1) is 8.88. The maximum Gasteiger partial charge on any atom is 0.0640 e. The van der Waals surface area contributed by atoms with Gasteiger partial charge >= 0.3 is 0 Å². The summed E-state index contributed by atoms with van der Waals surface area (Å²) in [5.74, 6) is 2.54. The van der Waals surface area contributed by atoms with Crippen LogP contribution in [0.5, 0.6) is 0 Å². The molecule has 18 heavy (non-hydrogen) atoms. The third kappa shape index (κ3) is 4.61. The first-order valence-corrected chi connectivity index (χ1v) is 7.67. The Bertz CT molecular complexity index is 339. The lowest BCUT2D eigenvalue weighted by atomic mass is 10.3. The predicted octanol–water partition coefficient (Wildman–Crippen LogP) is 0.0138. The molecule has 6 heteroatoms. The Kier molecular flexibility index (Phi) is 5.99. The van der Waals surface area contributed by atoms with Crippen LogP contribution in [0.4, 0.5) is 0 Å². The normalized spacial score (nSPS) is 17.2. The van der Waals surface area contributed by atoms with Gasteiger partial charge in [0.25, 0.3) is 0 Å². The minimum Gasteiger partial charge on any atom is -0.394 e. The molecule has 0 atom stereocenters. The van der Waals surface area contributed by atoms with E-state index in [0.717, 1.165) is 19.6 Å².